The number of carbonyl (C=O) groups excluding carboxylic acids is 1. The van der Waals surface area contributed by atoms with Crippen LogP contribution in [0.15, 0.2) is 16.9 Å². The molecule has 0 aliphatic carbocycles. The van der Waals surface area contributed by atoms with E-state index in [2.05, 4.69) is 15.0 Å². The van der Waals surface area contributed by atoms with Gasteiger partial charge < -0.3 is 15.6 Å². The van der Waals surface area contributed by atoms with Crippen molar-refractivity contribution in [1.29, 1.82) is 0 Å². The second-order valence-corrected chi connectivity index (χ2v) is 2.94. The summed E-state index contributed by atoms with van der Waals surface area (Å²) >= 11 is 0. The van der Waals surface area contributed by atoms with Gasteiger partial charge >= 0.3 is 0 Å². The predicted octanol–water partition coefficient (Wildman–Crippen LogP) is 0.621. The van der Waals surface area contributed by atoms with E-state index in [1.807, 2.05) is 6.92 Å². The number of nitrogens with zero attached hydrogens (tertiary/aromatic N) is 1. The molecule has 0 aromatic carbocycles. The number of amides is 1. The van der Waals surface area contributed by atoms with Gasteiger partial charge in [-0.25, -0.2) is 0 Å². The third-order valence-electron chi connectivity index (χ3n) is 1.67. The zero-order chi connectivity index (χ0) is 9.84. The number of rotatable bonds is 3. The van der Waals surface area contributed by atoms with Gasteiger partial charge in [0.15, 0.2) is 0 Å². The fraction of sp³-hybridized carbons (Fsp3) is 0.500. The summed E-state index contributed by atoms with van der Waals surface area (Å²) in [4.78, 5) is 11.2. The second-order valence-electron chi connectivity index (χ2n) is 2.94. The maximum Gasteiger partial charge on any atom is 0.237 e. The number of hydrogen-bond donors (Lipinski definition) is 2. The van der Waals surface area contributed by atoms with Crippen LogP contribution in [0.2, 0.25) is 0 Å². The Labute approximate surface area is 88.4 Å². The molecular weight excluding hydrogens is 206 g/mol. The SMILES string of the molecule is CC(NC(=O)[C@@H](C)N)c1ccon1.Cl. The van der Waals surface area contributed by atoms with Crippen molar-refractivity contribution in [2.45, 2.75) is 25.9 Å². The van der Waals surface area contributed by atoms with E-state index in [1.165, 1.54) is 6.26 Å². The first-order valence-electron chi connectivity index (χ1n) is 4.07. The Morgan fingerprint density at radius 2 is 2.29 bits per heavy atom. The molecule has 0 saturated heterocycles. The summed E-state index contributed by atoms with van der Waals surface area (Å²) < 4.78 is 4.65. The van der Waals surface area contributed by atoms with Gasteiger partial charge in [-0.2, -0.15) is 0 Å². The maximum absolute atomic E-state index is 11.2. The molecule has 0 aliphatic rings. The number of nitrogens with one attached hydrogen (secondary N) is 1. The van der Waals surface area contributed by atoms with Crippen molar-refractivity contribution in [2.75, 3.05) is 0 Å². The third-order valence-corrected chi connectivity index (χ3v) is 1.67. The minimum atomic E-state index is -0.505. The average Bonchev–Trinajstić information content (AvgIpc) is 2.55. The Bertz CT molecular complexity index is 274. The molecule has 80 valence electrons. The van der Waals surface area contributed by atoms with Crippen molar-refractivity contribution < 1.29 is 9.32 Å². The second kappa shape index (κ2) is 5.62. The van der Waals surface area contributed by atoms with E-state index in [0.717, 1.165) is 0 Å². The number of halogens is 1. The van der Waals surface area contributed by atoms with E-state index in [1.54, 1.807) is 13.0 Å². The summed E-state index contributed by atoms with van der Waals surface area (Å²) in [5, 5.41) is 6.39. The molecule has 1 heterocycles. The summed E-state index contributed by atoms with van der Waals surface area (Å²) in [7, 11) is 0. The number of nitrogens with two attached hydrogens (primary N) is 1. The van der Waals surface area contributed by atoms with E-state index < -0.39 is 6.04 Å². The van der Waals surface area contributed by atoms with Gasteiger partial charge in [-0.05, 0) is 13.8 Å². The molecule has 1 aromatic rings. The van der Waals surface area contributed by atoms with Gasteiger partial charge in [0, 0.05) is 6.07 Å². The summed E-state index contributed by atoms with van der Waals surface area (Å²) in [5.41, 5.74) is 6.07. The molecule has 1 aromatic heterocycles. The van der Waals surface area contributed by atoms with Gasteiger partial charge in [0.2, 0.25) is 5.91 Å². The van der Waals surface area contributed by atoms with Crippen molar-refractivity contribution in [3.8, 4) is 0 Å². The van der Waals surface area contributed by atoms with Gasteiger partial charge in [-0.3, -0.25) is 4.79 Å². The normalized spacial score (nSPS) is 13.9. The minimum absolute atomic E-state index is 0. The Balaban J connectivity index is 0.00000169. The van der Waals surface area contributed by atoms with Crippen LogP contribution in [0.1, 0.15) is 25.6 Å². The van der Waals surface area contributed by atoms with E-state index >= 15 is 0 Å². The van der Waals surface area contributed by atoms with Crippen LogP contribution in [0.25, 0.3) is 0 Å². The van der Waals surface area contributed by atoms with Crippen LogP contribution in [0.4, 0.5) is 0 Å². The average molecular weight is 220 g/mol. The molecule has 3 N–H and O–H groups in total. The molecule has 0 saturated carbocycles. The van der Waals surface area contributed by atoms with E-state index in [9.17, 15) is 4.79 Å². The molecule has 2 atom stereocenters. The summed E-state index contributed by atoms with van der Waals surface area (Å²) in [6.07, 6.45) is 1.46. The number of hydrogen-bond acceptors (Lipinski definition) is 4. The van der Waals surface area contributed by atoms with Gasteiger partial charge in [-0.1, -0.05) is 5.16 Å². The highest BCUT2D eigenvalue weighted by atomic mass is 35.5. The number of carbonyl (C=O) groups is 1. The zero-order valence-electron chi connectivity index (χ0n) is 8.06. The topological polar surface area (TPSA) is 81.2 Å². The van der Waals surface area contributed by atoms with Crippen LogP contribution in [0.3, 0.4) is 0 Å². The number of aromatic nitrogens is 1. The largest absolute Gasteiger partial charge is 0.364 e. The quantitative estimate of drug-likeness (QED) is 0.781. The van der Waals surface area contributed by atoms with Gasteiger partial charge in [0.05, 0.1) is 12.1 Å². The molecule has 1 amide bonds. The molecule has 0 aliphatic heterocycles. The van der Waals surface area contributed by atoms with Crippen LogP contribution in [0.5, 0.6) is 0 Å². The predicted molar refractivity (Wildman–Crippen MR) is 54.0 cm³/mol. The van der Waals surface area contributed by atoms with Crippen molar-refractivity contribution in [2.24, 2.45) is 5.73 Å². The summed E-state index contributed by atoms with van der Waals surface area (Å²) in [6.45, 7) is 3.45. The van der Waals surface area contributed by atoms with Crippen LogP contribution in [-0.4, -0.2) is 17.1 Å². The molecule has 0 spiro atoms. The molecule has 14 heavy (non-hydrogen) atoms. The van der Waals surface area contributed by atoms with Crippen LogP contribution in [0, 0.1) is 0 Å². The van der Waals surface area contributed by atoms with Gasteiger partial charge in [-0.15, -0.1) is 12.4 Å². The molecule has 5 nitrogen and oxygen atoms in total. The third kappa shape index (κ3) is 3.35. The monoisotopic (exact) mass is 219 g/mol. The van der Waals surface area contributed by atoms with Crippen molar-refractivity contribution in [1.82, 2.24) is 10.5 Å². The van der Waals surface area contributed by atoms with Crippen molar-refractivity contribution in [3.05, 3.63) is 18.0 Å². The van der Waals surface area contributed by atoms with Gasteiger partial charge in [0.25, 0.3) is 0 Å². The van der Waals surface area contributed by atoms with E-state index in [0.29, 0.717) is 5.69 Å². The van der Waals surface area contributed by atoms with Crippen LogP contribution >= 0.6 is 12.4 Å². The lowest BCUT2D eigenvalue weighted by atomic mass is 10.2. The van der Waals surface area contributed by atoms with E-state index in [4.69, 9.17) is 5.73 Å². The summed E-state index contributed by atoms with van der Waals surface area (Å²) in [6, 6.07) is 1.03. The smallest absolute Gasteiger partial charge is 0.237 e. The molecule has 0 fully saturated rings. The summed E-state index contributed by atoms with van der Waals surface area (Å²) in [5.74, 6) is -0.199. The van der Waals surface area contributed by atoms with Crippen LogP contribution in [-0.2, 0) is 4.79 Å². The first kappa shape index (κ1) is 12.9. The van der Waals surface area contributed by atoms with Crippen molar-refractivity contribution >= 4 is 18.3 Å². The molecular formula is C8H14ClN3O2. The lowest BCUT2D eigenvalue weighted by Crippen LogP contribution is -2.39. The lowest BCUT2D eigenvalue weighted by Gasteiger charge is -2.12. The molecule has 1 unspecified atom stereocenters. The highest BCUT2D eigenvalue weighted by molar-refractivity contribution is 5.85. The molecule has 6 heteroatoms. The highest BCUT2D eigenvalue weighted by Crippen LogP contribution is 2.08. The Morgan fingerprint density at radius 3 is 2.71 bits per heavy atom. The zero-order valence-corrected chi connectivity index (χ0v) is 8.88. The van der Waals surface area contributed by atoms with Crippen molar-refractivity contribution in [3.63, 3.8) is 0 Å². The lowest BCUT2D eigenvalue weighted by molar-refractivity contribution is -0.122. The minimum Gasteiger partial charge on any atom is -0.364 e. The standard InChI is InChI=1S/C8H13N3O2.ClH/c1-5(9)8(12)10-6(2)7-3-4-13-11-7;/h3-6H,9H2,1-2H3,(H,10,12);1H/t5-,6?;/m1./s1. The van der Waals surface area contributed by atoms with Crippen LogP contribution < -0.4 is 11.1 Å². The fourth-order valence-electron chi connectivity index (χ4n) is 0.864. The Morgan fingerprint density at radius 1 is 1.64 bits per heavy atom. The highest BCUT2D eigenvalue weighted by Gasteiger charge is 2.14. The molecule has 0 bridgehead atoms. The first-order valence-corrected chi connectivity index (χ1v) is 4.07. The fourth-order valence-corrected chi connectivity index (χ4v) is 0.864. The Hall–Kier alpha value is -1.07. The maximum atomic E-state index is 11.2. The molecule has 1 rings (SSSR count). The Kier molecular flexibility index (Phi) is 5.19. The van der Waals surface area contributed by atoms with Gasteiger partial charge in [0.1, 0.15) is 12.0 Å². The van der Waals surface area contributed by atoms with E-state index in [-0.39, 0.29) is 24.4 Å². The first-order chi connectivity index (χ1) is 6.11. The molecule has 0 radical (unpaired) electrons.